The van der Waals surface area contributed by atoms with E-state index in [1.807, 2.05) is 111 Å². The predicted octanol–water partition coefficient (Wildman–Crippen LogP) is 5.58. The van der Waals surface area contributed by atoms with E-state index in [0.717, 1.165) is 34.2 Å². The molecule has 0 unspecified atom stereocenters. The largest absolute Gasteiger partial charge is 2.00 e. The SMILES string of the molecule is C/C(=N\NC(=S)Nc1ccccc1)c1ccccn1.C/C(=N\NC(=S)Nc1ccccc1)c1ccccn1.[Mn+2]. The molecule has 11 heteroatoms. The van der Waals surface area contributed by atoms with Gasteiger partial charge in [0.15, 0.2) is 10.2 Å². The van der Waals surface area contributed by atoms with Gasteiger partial charge in [-0.3, -0.25) is 20.8 Å². The van der Waals surface area contributed by atoms with Gasteiger partial charge in [-0.25, -0.2) is 0 Å². The number of para-hydroxylation sites is 2. The molecule has 2 aromatic carbocycles. The second kappa shape index (κ2) is 17.5. The zero-order chi connectivity index (χ0) is 27.0. The molecular formula is C28H28MnN8S2+2. The number of nitrogens with zero attached hydrogens (tertiary/aromatic N) is 4. The van der Waals surface area contributed by atoms with Gasteiger partial charge in [-0.15, -0.1) is 0 Å². The van der Waals surface area contributed by atoms with E-state index in [-0.39, 0.29) is 17.1 Å². The molecule has 4 rings (SSSR count). The van der Waals surface area contributed by atoms with Crippen LogP contribution in [-0.2, 0) is 17.1 Å². The van der Waals surface area contributed by atoms with Crippen LogP contribution in [0.3, 0.4) is 0 Å². The molecule has 0 fully saturated rings. The van der Waals surface area contributed by atoms with E-state index in [1.54, 1.807) is 12.4 Å². The standard InChI is InChI=1S/2C14H14N4S.Mn/c2*1-11(13-9-5-6-10-15-13)17-18-14(19)16-12-7-3-2-4-8-12;/h2*2-10H,1H3,(H2,16,18,19);/q;;+2/b2*17-11+;. The molecule has 0 aliphatic rings. The van der Waals surface area contributed by atoms with Crippen molar-refractivity contribution in [1.82, 2.24) is 20.8 Å². The van der Waals surface area contributed by atoms with E-state index in [1.165, 1.54) is 0 Å². The third kappa shape index (κ3) is 11.9. The quantitative estimate of drug-likeness (QED) is 0.0993. The second-order valence-electron chi connectivity index (χ2n) is 7.69. The number of hydrogen-bond acceptors (Lipinski definition) is 6. The maximum absolute atomic E-state index is 5.15. The summed E-state index contributed by atoms with van der Waals surface area (Å²) in [6.07, 6.45) is 3.46. The van der Waals surface area contributed by atoms with E-state index in [4.69, 9.17) is 24.4 Å². The molecule has 0 spiro atoms. The Morgan fingerprint density at radius 1 is 0.564 bits per heavy atom. The van der Waals surface area contributed by atoms with Gasteiger partial charge in [-0.1, -0.05) is 48.5 Å². The van der Waals surface area contributed by atoms with E-state index < -0.39 is 0 Å². The van der Waals surface area contributed by atoms with Crippen molar-refractivity contribution in [3.05, 3.63) is 121 Å². The summed E-state index contributed by atoms with van der Waals surface area (Å²) < 4.78 is 0. The fraction of sp³-hybridized carbons (Fsp3) is 0.0714. The van der Waals surface area contributed by atoms with Crippen molar-refractivity contribution in [2.75, 3.05) is 10.6 Å². The monoisotopic (exact) mass is 595 g/mol. The maximum atomic E-state index is 5.15. The van der Waals surface area contributed by atoms with Crippen LogP contribution in [0.2, 0.25) is 0 Å². The van der Waals surface area contributed by atoms with Gasteiger partial charge in [0.05, 0.1) is 22.8 Å². The number of thiocarbonyl (C=S) groups is 2. The van der Waals surface area contributed by atoms with Crippen molar-refractivity contribution in [2.45, 2.75) is 13.8 Å². The van der Waals surface area contributed by atoms with Gasteiger partial charge >= 0.3 is 17.1 Å². The molecule has 0 saturated heterocycles. The topological polar surface area (TPSA) is 98.6 Å². The summed E-state index contributed by atoms with van der Waals surface area (Å²) in [5.74, 6) is 0. The summed E-state index contributed by atoms with van der Waals surface area (Å²) in [6.45, 7) is 3.75. The molecule has 2 heterocycles. The van der Waals surface area contributed by atoms with Crippen LogP contribution >= 0.6 is 24.4 Å². The molecule has 0 atom stereocenters. The zero-order valence-corrected chi connectivity index (χ0v) is 24.2. The van der Waals surface area contributed by atoms with E-state index in [9.17, 15) is 0 Å². The molecule has 0 aliphatic heterocycles. The van der Waals surface area contributed by atoms with Crippen molar-refractivity contribution in [2.24, 2.45) is 10.2 Å². The molecule has 8 nitrogen and oxygen atoms in total. The Morgan fingerprint density at radius 2 is 0.923 bits per heavy atom. The molecule has 39 heavy (non-hydrogen) atoms. The first kappa shape index (κ1) is 31.2. The van der Waals surface area contributed by atoms with Crippen LogP contribution in [0, 0.1) is 0 Å². The molecule has 197 valence electrons. The normalized spacial score (nSPS) is 10.6. The number of aromatic nitrogens is 2. The molecule has 2 aromatic heterocycles. The van der Waals surface area contributed by atoms with Crippen LogP contribution < -0.4 is 21.5 Å². The van der Waals surface area contributed by atoms with Crippen LogP contribution in [0.25, 0.3) is 0 Å². The molecule has 4 aromatic rings. The Bertz CT molecular complexity index is 1250. The zero-order valence-electron chi connectivity index (χ0n) is 21.4. The Hall–Kier alpha value is -4.02. The third-order valence-electron chi connectivity index (χ3n) is 4.78. The van der Waals surface area contributed by atoms with Crippen molar-refractivity contribution in [3.63, 3.8) is 0 Å². The van der Waals surface area contributed by atoms with Crippen molar-refractivity contribution >= 4 is 57.5 Å². The number of hydrogen-bond donors (Lipinski definition) is 4. The van der Waals surface area contributed by atoms with Crippen LogP contribution in [0.4, 0.5) is 11.4 Å². The van der Waals surface area contributed by atoms with Crippen molar-refractivity contribution in [1.29, 1.82) is 0 Å². The number of benzene rings is 2. The number of rotatable bonds is 6. The van der Waals surface area contributed by atoms with Gasteiger partial charge in [0.2, 0.25) is 0 Å². The fourth-order valence-electron chi connectivity index (χ4n) is 2.90. The number of pyridine rings is 2. The number of hydrazone groups is 2. The predicted molar refractivity (Wildman–Crippen MR) is 164 cm³/mol. The summed E-state index contributed by atoms with van der Waals surface area (Å²) in [4.78, 5) is 8.41. The smallest absolute Gasteiger partial charge is 0.331 e. The Morgan fingerprint density at radius 3 is 1.26 bits per heavy atom. The average Bonchev–Trinajstić information content (AvgIpc) is 2.97. The van der Waals surface area contributed by atoms with Gasteiger partial charge in [-0.2, -0.15) is 10.2 Å². The first-order valence-corrected chi connectivity index (χ1v) is 12.5. The van der Waals surface area contributed by atoms with Gasteiger partial charge in [0.1, 0.15) is 0 Å². The molecule has 0 saturated carbocycles. The molecule has 4 N–H and O–H groups in total. The number of nitrogens with one attached hydrogen (secondary N) is 4. The number of anilines is 2. The molecule has 1 radical (unpaired) electrons. The van der Waals surface area contributed by atoms with E-state index in [0.29, 0.717) is 10.2 Å². The summed E-state index contributed by atoms with van der Waals surface area (Å²) in [7, 11) is 0. The van der Waals surface area contributed by atoms with Crippen LogP contribution in [0.5, 0.6) is 0 Å². The van der Waals surface area contributed by atoms with Crippen LogP contribution in [0.15, 0.2) is 120 Å². The van der Waals surface area contributed by atoms with E-state index >= 15 is 0 Å². The molecule has 0 bridgehead atoms. The summed E-state index contributed by atoms with van der Waals surface area (Å²) >= 11 is 10.3. The minimum atomic E-state index is 0. The Kier molecular flexibility index (Phi) is 14.0. The van der Waals surface area contributed by atoms with Crippen molar-refractivity contribution < 1.29 is 17.1 Å². The van der Waals surface area contributed by atoms with Crippen LogP contribution in [-0.4, -0.2) is 31.6 Å². The minimum Gasteiger partial charge on any atom is -0.331 e. The van der Waals surface area contributed by atoms with Gasteiger partial charge in [0.25, 0.3) is 0 Å². The van der Waals surface area contributed by atoms with Gasteiger partial charge in [0, 0.05) is 23.8 Å². The molecule has 0 aliphatic carbocycles. The third-order valence-corrected chi connectivity index (χ3v) is 5.17. The minimum absolute atomic E-state index is 0. The maximum Gasteiger partial charge on any atom is 2.00 e. The molecule has 0 amide bonds. The summed E-state index contributed by atoms with van der Waals surface area (Å²) in [6, 6.07) is 30.8. The van der Waals surface area contributed by atoms with Crippen molar-refractivity contribution in [3.8, 4) is 0 Å². The van der Waals surface area contributed by atoms with E-state index in [2.05, 4.69) is 41.7 Å². The fourth-order valence-corrected chi connectivity index (χ4v) is 3.23. The molecular weight excluding hydrogens is 567 g/mol. The summed E-state index contributed by atoms with van der Waals surface area (Å²) in [5, 5.41) is 15.4. The summed E-state index contributed by atoms with van der Waals surface area (Å²) in [5.41, 5.74) is 10.6. The Labute approximate surface area is 249 Å². The van der Waals surface area contributed by atoms with Gasteiger partial charge in [-0.05, 0) is 86.8 Å². The van der Waals surface area contributed by atoms with Gasteiger partial charge < -0.3 is 10.6 Å². The Balaban J connectivity index is 0.000000267. The average molecular weight is 596 g/mol. The first-order valence-electron chi connectivity index (χ1n) is 11.7. The first-order chi connectivity index (χ1) is 18.5. The second-order valence-corrected chi connectivity index (χ2v) is 8.50. The van der Waals surface area contributed by atoms with Crippen LogP contribution in [0.1, 0.15) is 25.2 Å².